The molecule has 0 bridgehead atoms. The normalized spacial score (nSPS) is 12.2. The number of nitrogens with two attached hydrogens (primary N) is 1. The molecule has 0 radical (unpaired) electrons. The van der Waals surface area contributed by atoms with Crippen LogP contribution in [0, 0.1) is 11.6 Å². The molecule has 3 nitrogen and oxygen atoms in total. The molecule has 1 aromatic heterocycles. The number of carbonyl (C=O) groups is 1. The third-order valence-corrected chi connectivity index (χ3v) is 3.71. The van der Waals surface area contributed by atoms with Crippen LogP contribution in [0.15, 0.2) is 29.6 Å². The molecule has 3 N–H and O–H groups in total. The molecule has 2 aromatic rings. The number of benzene rings is 1. The van der Waals surface area contributed by atoms with Crippen molar-refractivity contribution in [3.8, 4) is 0 Å². The lowest BCUT2D eigenvalue weighted by atomic mass is 10.1. The number of thiophene rings is 1. The summed E-state index contributed by atoms with van der Waals surface area (Å²) in [6.45, 7) is 1.78. The van der Waals surface area contributed by atoms with Crippen LogP contribution >= 0.6 is 11.3 Å². The van der Waals surface area contributed by atoms with E-state index in [1.807, 2.05) is 17.5 Å². The van der Waals surface area contributed by atoms with Crippen LogP contribution in [0.25, 0.3) is 0 Å². The Kier molecular flexibility index (Phi) is 4.34. The maximum absolute atomic E-state index is 13.7. The Hall–Kier alpha value is -1.95. The van der Waals surface area contributed by atoms with Crippen LogP contribution in [0.3, 0.4) is 0 Å². The predicted molar refractivity (Wildman–Crippen MR) is 75.7 cm³/mol. The molecule has 6 heteroatoms. The monoisotopic (exact) mass is 296 g/mol. The number of rotatable bonds is 4. The first kappa shape index (κ1) is 14.5. The molecule has 0 aliphatic carbocycles. The summed E-state index contributed by atoms with van der Waals surface area (Å²) in [5.74, 6) is -2.74. The molecule has 106 valence electrons. The Balaban J connectivity index is 2.10. The van der Waals surface area contributed by atoms with Crippen molar-refractivity contribution in [2.45, 2.75) is 19.4 Å². The van der Waals surface area contributed by atoms with Gasteiger partial charge in [0.1, 0.15) is 11.4 Å². The minimum Gasteiger partial charge on any atom is -0.396 e. The molecule has 0 aliphatic heterocycles. The Labute approximate surface area is 119 Å². The molecule has 2 rings (SSSR count). The maximum atomic E-state index is 13.7. The fourth-order valence-corrected chi connectivity index (χ4v) is 2.69. The van der Waals surface area contributed by atoms with Gasteiger partial charge in [-0.05, 0) is 30.5 Å². The van der Waals surface area contributed by atoms with E-state index in [0.717, 1.165) is 17.0 Å². The number of amides is 1. The predicted octanol–water partition coefficient (Wildman–Crippen LogP) is 2.97. The summed E-state index contributed by atoms with van der Waals surface area (Å²) in [7, 11) is 0. The summed E-state index contributed by atoms with van der Waals surface area (Å²) in [6.07, 6.45) is 0.606. The largest absolute Gasteiger partial charge is 0.396 e. The van der Waals surface area contributed by atoms with Crippen molar-refractivity contribution in [2.24, 2.45) is 0 Å². The van der Waals surface area contributed by atoms with E-state index in [2.05, 4.69) is 5.32 Å². The molecule has 0 saturated heterocycles. The topological polar surface area (TPSA) is 55.1 Å². The average molecular weight is 296 g/mol. The summed E-state index contributed by atoms with van der Waals surface area (Å²) in [5, 5.41) is 4.51. The van der Waals surface area contributed by atoms with Crippen LogP contribution in [0.4, 0.5) is 14.5 Å². The molecule has 0 spiro atoms. The van der Waals surface area contributed by atoms with Crippen LogP contribution in [0.1, 0.15) is 22.2 Å². The van der Waals surface area contributed by atoms with Gasteiger partial charge in [0.2, 0.25) is 0 Å². The molecule has 1 aromatic carbocycles. The molecule has 1 amide bonds. The number of halogens is 2. The van der Waals surface area contributed by atoms with Crippen LogP contribution in [0.5, 0.6) is 0 Å². The maximum Gasteiger partial charge on any atom is 0.257 e. The van der Waals surface area contributed by atoms with Crippen molar-refractivity contribution < 1.29 is 13.6 Å². The van der Waals surface area contributed by atoms with Gasteiger partial charge in [0, 0.05) is 17.3 Å². The van der Waals surface area contributed by atoms with E-state index in [1.54, 1.807) is 18.3 Å². The molecular weight excluding hydrogens is 282 g/mol. The SMILES string of the molecule is CC(Cc1cccs1)NC(=O)c1c(F)ccc(N)c1F. The van der Waals surface area contributed by atoms with Gasteiger partial charge >= 0.3 is 0 Å². The van der Waals surface area contributed by atoms with Crippen LogP contribution in [-0.2, 0) is 6.42 Å². The van der Waals surface area contributed by atoms with Crippen molar-refractivity contribution in [2.75, 3.05) is 5.73 Å². The zero-order valence-electron chi connectivity index (χ0n) is 10.8. The van der Waals surface area contributed by atoms with Gasteiger partial charge in [-0.1, -0.05) is 6.07 Å². The molecule has 1 heterocycles. The summed E-state index contributed by atoms with van der Waals surface area (Å²) in [4.78, 5) is 13.0. The fourth-order valence-electron chi connectivity index (χ4n) is 1.85. The van der Waals surface area contributed by atoms with Crippen molar-refractivity contribution in [1.29, 1.82) is 0 Å². The highest BCUT2D eigenvalue weighted by atomic mass is 32.1. The highest BCUT2D eigenvalue weighted by Gasteiger charge is 2.21. The summed E-state index contributed by atoms with van der Waals surface area (Å²) in [5.41, 5.74) is 4.46. The number of nitrogen functional groups attached to an aromatic ring is 1. The molecule has 0 saturated carbocycles. The first-order chi connectivity index (χ1) is 9.49. The van der Waals surface area contributed by atoms with Gasteiger partial charge in [0.05, 0.1) is 5.69 Å². The minimum absolute atomic E-state index is 0.235. The molecular formula is C14H14F2N2OS. The Morgan fingerprint density at radius 1 is 1.40 bits per heavy atom. The van der Waals surface area contributed by atoms with E-state index < -0.39 is 23.1 Å². The highest BCUT2D eigenvalue weighted by molar-refractivity contribution is 7.09. The van der Waals surface area contributed by atoms with Crippen molar-refractivity contribution >= 4 is 22.9 Å². The number of anilines is 1. The lowest BCUT2D eigenvalue weighted by molar-refractivity contribution is 0.0932. The third-order valence-electron chi connectivity index (χ3n) is 2.81. The lowest BCUT2D eigenvalue weighted by Gasteiger charge is -2.14. The van der Waals surface area contributed by atoms with Gasteiger partial charge < -0.3 is 11.1 Å². The number of carbonyl (C=O) groups excluding carboxylic acids is 1. The quantitative estimate of drug-likeness (QED) is 0.852. The van der Waals surface area contributed by atoms with E-state index in [1.165, 1.54) is 0 Å². The molecule has 1 atom stereocenters. The Bertz CT molecular complexity index is 614. The van der Waals surface area contributed by atoms with Crippen molar-refractivity contribution in [3.05, 3.63) is 51.7 Å². The standard InChI is InChI=1S/C14H14F2N2OS/c1-8(7-9-3-2-6-20-9)18-14(19)12-10(15)4-5-11(17)13(12)16/h2-6,8H,7,17H2,1H3,(H,18,19). The third kappa shape index (κ3) is 3.14. The fraction of sp³-hybridized carbons (Fsp3) is 0.214. The molecule has 1 unspecified atom stereocenters. The smallest absolute Gasteiger partial charge is 0.257 e. The molecule has 20 heavy (non-hydrogen) atoms. The van der Waals surface area contributed by atoms with Crippen molar-refractivity contribution in [1.82, 2.24) is 5.32 Å². The summed E-state index contributed by atoms with van der Waals surface area (Å²) >= 11 is 1.56. The summed E-state index contributed by atoms with van der Waals surface area (Å²) < 4.78 is 27.3. The number of hydrogen-bond donors (Lipinski definition) is 2. The van der Waals surface area contributed by atoms with E-state index in [-0.39, 0.29) is 11.7 Å². The highest BCUT2D eigenvalue weighted by Crippen LogP contribution is 2.19. The second kappa shape index (κ2) is 6.00. The summed E-state index contributed by atoms with van der Waals surface area (Å²) in [6, 6.07) is 5.69. The average Bonchev–Trinajstić information content (AvgIpc) is 2.87. The van der Waals surface area contributed by atoms with Gasteiger partial charge in [-0.2, -0.15) is 0 Å². The zero-order valence-corrected chi connectivity index (χ0v) is 11.6. The second-order valence-electron chi connectivity index (χ2n) is 4.48. The van der Waals surface area contributed by atoms with Gasteiger partial charge in [-0.25, -0.2) is 8.78 Å². The molecule has 0 fully saturated rings. The number of hydrogen-bond acceptors (Lipinski definition) is 3. The van der Waals surface area contributed by atoms with Crippen LogP contribution in [-0.4, -0.2) is 11.9 Å². The van der Waals surface area contributed by atoms with Gasteiger partial charge in [0.25, 0.3) is 5.91 Å². The minimum atomic E-state index is -1.02. The van der Waals surface area contributed by atoms with Gasteiger partial charge in [0.15, 0.2) is 5.82 Å². The number of nitrogens with one attached hydrogen (secondary N) is 1. The van der Waals surface area contributed by atoms with Gasteiger partial charge in [-0.15, -0.1) is 11.3 Å². The van der Waals surface area contributed by atoms with E-state index in [9.17, 15) is 13.6 Å². The van der Waals surface area contributed by atoms with Crippen molar-refractivity contribution in [3.63, 3.8) is 0 Å². The zero-order chi connectivity index (χ0) is 14.7. The Morgan fingerprint density at radius 2 is 2.15 bits per heavy atom. The second-order valence-corrected chi connectivity index (χ2v) is 5.52. The van der Waals surface area contributed by atoms with E-state index >= 15 is 0 Å². The lowest BCUT2D eigenvalue weighted by Crippen LogP contribution is -2.35. The molecule has 0 aliphatic rings. The van der Waals surface area contributed by atoms with E-state index in [0.29, 0.717) is 6.42 Å². The van der Waals surface area contributed by atoms with Gasteiger partial charge in [-0.3, -0.25) is 4.79 Å². The van der Waals surface area contributed by atoms with E-state index in [4.69, 9.17) is 5.73 Å². The Morgan fingerprint density at radius 3 is 2.80 bits per heavy atom. The first-order valence-electron chi connectivity index (χ1n) is 6.05. The van der Waals surface area contributed by atoms with Crippen LogP contribution < -0.4 is 11.1 Å². The van der Waals surface area contributed by atoms with Crippen LogP contribution in [0.2, 0.25) is 0 Å². The first-order valence-corrected chi connectivity index (χ1v) is 6.93.